The Morgan fingerprint density at radius 2 is 1.77 bits per heavy atom. The van der Waals surface area contributed by atoms with Crippen LogP contribution in [0.2, 0.25) is 5.02 Å². The summed E-state index contributed by atoms with van der Waals surface area (Å²) in [5, 5.41) is 7.50. The van der Waals surface area contributed by atoms with E-state index in [0.717, 1.165) is 11.1 Å². The van der Waals surface area contributed by atoms with Gasteiger partial charge in [-0.2, -0.15) is 4.98 Å². The second-order valence-electron chi connectivity index (χ2n) is 6.63. The van der Waals surface area contributed by atoms with E-state index in [1.807, 2.05) is 55.5 Å². The van der Waals surface area contributed by atoms with Gasteiger partial charge in [0.05, 0.1) is 11.3 Å². The number of amides is 1. The van der Waals surface area contributed by atoms with Crippen LogP contribution in [0.3, 0.4) is 0 Å². The Labute approximate surface area is 178 Å². The molecule has 0 spiro atoms. The first-order chi connectivity index (χ1) is 14.6. The number of anilines is 1. The molecule has 30 heavy (non-hydrogen) atoms. The van der Waals surface area contributed by atoms with Crippen molar-refractivity contribution in [2.75, 3.05) is 11.9 Å². The van der Waals surface area contributed by atoms with E-state index < -0.39 is 0 Å². The van der Waals surface area contributed by atoms with Crippen LogP contribution in [-0.4, -0.2) is 22.7 Å². The lowest BCUT2D eigenvalue weighted by Gasteiger charge is -2.10. The van der Waals surface area contributed by atoms with Crippen molar-refractivity contribution < 1.29 is 14.1 Å². The van der Waals surface area contributed by atoms with Gasteiger partial charge >= 0.3 is 0 Å². The molecule has 1 N–H and O–H groups in total. The van der Waals surface area contributed by atoms with Crippen molar-refractivity contribution in [1.82, 2.24) is 10.1 Å². The maximum absolute atomic E-state index is 12.4. The fourth-order valence-electron chi connectivity index (χ4n) is 2.80. The molecule has 0 saturated carbocycles. The highest BCUT2D eigenvalue weighted by Crippen LogP contribution is 2.28. The number of aromatic nitrogens is 2. The van der Waals surface area contributed by atoms with E-state index in [0.29, 0.717) is 33.7 Å². The van der Waals surface area contributed by atoms with Crippen LogP contribution in [0.5, 0.6) is 5.75 Å². The average molecular weight is 420 g/mol. The number of rotatable bonds is 6. The van der Waals surface area contributed by atoms with Gasteiger partial charge in [-0.15, -0.1) is 0 Å². The van der Waals surface area contributed by atoms with Gasteiger partial charge in [0.25, 0.3) is 11.8 Å². The molecule has 1 amide bonds. The predicted molar refractivity (Wildman–Crippen MR) is 115 cm³/mol. The zero-order valence-electron chi connectivity index (χ0n) is 16.1. The third kappa shape index (κ3) is 4.67. The van der Waals surface area contributed by atoms with E-state index in [1.165, 1.54) is 0 Å². The van der Waals surface area contributed by atoms with Gasteiger partial charge in [0, 0.05) is 10.6 Å². The number of hydrogen-bond donors (Lipinski definition) is 1. The molecule has 0 aliphatic heterocycles. The molecule has 4 rings (SSSR count). The topological polar surface area (TPSA) is 77.2 Å². The third-order valence-corrected chi connectivity index (χ3v) is 4.60. The molecule has 150 valence electrons. The lowest BCUT2D eigenvalue weighted by atomic mass is 10.1. The van der Waals surface area contributed by atoms with Crippen LogP contribution >= 0.6 is 11.6 Å². The third-order valence-electron chi connectivity index (χ3n) is 4.35. The number of hydrogen-bond acceptors (Lipinski definition) is 5. The quantitative estimate of drug-likeness (QED) is 0.453. The molecule has 0 radical (unpaired) electrons. The van der Waals surface area contributed by atoms with E-state index in [9.17, 15) is 4.79 Å². The Balaban J connectivity index is 1.48. The van der Waals surface area contributed by atoms with E-state index in [2.05, 4.69) is 15.5 Å². The number of halogens is 1. The highest BCUT2D eigenvalue weighted by atomic mass is 35.5. The van der Waals surface area contributed by atoms with Crippen molar-refractivity contribution in [3.8, 4) is 28.6 Å². The first-order valence-corrected chi connectivity index (χ1v) is 9.65. The number of carbonyl (C=O) groups is 1. The first-order valence-electron chi connectivity index (χ1n) is 9.27. The fourth-order valence-corrected chi connectivity index (χ4v) is 2.92. The molecule has 0 unspecified atom stereocenters. The Kier molecular flexibility index (Phi) is 5.77. The molecule has 1 heterocycles. The van der Waals surface area contributed by atoms with Gasteiger partial charge in [0.1, 0.15) is 5.75 Å². The number of para-hydroxylation sites is 1. The van der Waals surface area contributed by atoms with Crippen LogP contribution in [0.15, 0.2) is 77.3 Å². The molecule has 6 nitrogen and oxygen atoms in total. The molecule has 0 aliphatic carbocycles. The summed E-state index contributed by atoms with van der Waals surface area (Å²) in [6, 6.07) is 21.9. The monoisotopic (exact) mass is 419 g/mol. The van der Waals surface area contributed by atoms with Gasteiger partial charge in [0.15, 0.2) is 6.61 Å². The summed E-state index contributed by atoms with van der Waals surface area (Å²) < 4.78 is 11.0. The highest BCUT2D eigenvalue weighted by Gasteiger charge is 2.15. The SMILES string of the molecule is Cc1ccc(OCC(=O)Nc2ccccc2-c2nc(-c3ccc(Cl)cc3)no2)cc1. The van der Waals surface area contributed by atoms with Crippen LogP contribution in [0.25, 0.3) is 22.8 Å². The average Bonchev–Trinajstić information content (AvgIpc) is 3.24. The largest absolute Gasteiger partial charge is 0.484 e. The maximum Gasteiger partial charge on any atom is 0.262 e. The van der Waals surface area contributed by atoms with Crippen LogP contribution in [0, 0.1) is 6.92 Å². The smallest absolute Gasteiger partial charge is 0.262 e. The molecule has 4 aromatic rings. The van der Waals surface area contributed by atoms with E-state index in [4.69, 9.17) is 20.9 Å². The fraction of sp³-hybridized carbons (Fsp3) is 0.0870. The zero-order valence-corrected chi connectivity index (χ0v) is 16.9. The Hall–Kier alpha value is -3.64. The van der Waals surface area contributed by atoms with Crippen molar-refractivity contribution >= 4 is 23.2 Å². The van der Waals surface area contributed by atoms with Crippen LogP contribution in [-0.2, 0) is 4.79 Å². The minimum atomic E-state index is -0.291. The van der Waals surface area contributed by atoms with Gasteiger partial charge in [-0.3, -0.25) is 4.79 Å². The summed E-state index contributed by atoms with van der Waals surface area (Å²) in [7, 11) is 0. The number of carbonyl (C=O) groups excluding carboxylic acids is 1. The van der Waals surface area contributed by atoms with Crippen molar-refractivity contribution in [2.24, 2.45) is 0 Å². The van der Waals surface area contributed by atoms with Crippen molar-refractivity contribution in [3.05, 3.63) is 83.4 Å². The molecular weight excluding hydrogens is 402 g/mol. The van der Waals surface area contributed by atoms with Gasteiger partial charge in [-0.05, 0) is 55.5 Å². The minimum absolute atomic E-state index is 0.114. The number of benzene rings is 3. The normalized spacial score (nSPS) is 10.6. The summed E-state index contributed by atoms with van der Waals surface area (Å²) >= 11 is 5.93. The summed E-state index contributed by atoms with van der Waals surface area (Å²) in [5.41, 5.74) is 3.08. The lowest BCUT2D eigenvalue weighted by molar-refractivity contribution is -0.118. The summed E-state index contributed by atoms with van der Waals surface area (Å²) in [4.78, 5) is 16.8. The van der Waals surface area contributed by atoms with Crippen molar-refractivity contribution in [3.63, 3.8) is 0 Å². The highest BCUT2D eigenvalue weighted by molar-refractivity contribution is 6.30. The summed E-state index contributed by atoms with van der Waals surface area (Å²) in [6.45, 7) is 1.88. The predicted octanol–water partition coefficient (Wildman–Crippen LogP) is 5.38. The molecule has 0 atom stereocenters. The van der Waals surface area contributed by atoms with Crippen molar-refractivity contribution in [1.29, 1.82) is 0 Å². The molecule has 0 bridgehead atoms. The number of ether oxygens (including phenoxy) is 1. The Morgan fingerprint density at radius 3 is 2.53 bits per heavy atom. The number of aryl methyl sites for hydroxylation is 1. The Bertz CT molecular complexity index is 1160. The molecule has 7 heteroatoms. The van der Waals surface area contributed by atoms with Crippen LogP contribution in [0.4, 0.5) is 5.69 Å². The minimum Gasteiger partial charge on any atom is -0.484 e. The van der Waals surface area contributed by atoms with Crippen LogP contribution < -0.4 is 10.1 Å². The Morgan fingerprint density at radius 1 is 1.03 bits per heavy atom. The molecule has 1 aromatic heterocycles. The maximum atomic E-state index is 12.4. The summed E-state index contributed by atoms with van der Waals surface area (Å²) in [5.74, 6) is 1.08. The first kappa shape index (κ1) is 19.7. The lowest BCUT2D eigenvalue weighted by Crippen LogP contribution is -2.20. The zero-order chi connectivity index (χ0) is 20.9. The molecule has 0 saturated heterocycles. The number of nitrogens with one attached hydrogen (secondary N) is 1. The second-order valence-corrected chi connectivity index (χ2v) is 7.06. The second kappa shape index (κ2) is 8.80. The van der Waals surface area contributed by atoms with Gasteiger partial charge in [-0.25, -0.2) is 0 Å². The van der Waals surface area contributed by atoms with E-state index in [1.54, 1.807) is 24.3 Å². The van der Waals surface area contributed by atoms with Gasteiger partial charge < -0.3 is 14.6 Å². The number of nitrogens with zero attached hydrogens (tertiary/aromatic N) is 2. The van der Waals surface area contributed by atoms with E-state index >= 15 is 0 Å². The molecule has 0 fully saturated rings. The molecular formula is C23H18ClN3O3. The standard InChI is InChI=1S/C23H18ClN3O3/c1-15-6-12-18(13-7-15)29-14-21(28)25-20-5-3-2-4-19(20)23-26-22(27-30-23)16-8-10-17(24)11-9-16/h2-13H,14H2,1H3,(H,25,28). The van der Waals surface area contributed by atoms with Gasteiger partial charge in [0.2, 0.25) is 5.82 Å². The van der Waals surface area contributed by atoms with Gasteiger partial charge in [-0.1, -0.05) is 46.6 Å². The molecule has 3 aromatic carbocycles. The van der Waals surface area contributed by atoms with Crippen molar-refractivity contribution in [2.45, 2.75) is 6.92 Å². The van der Waals surface area contributed by atoms with Crippen LogP contribution in [0.1, 0.15) is 5.56 Å². The van der Waals surface area contributed by atoms with E-state index in [-0.39, 0.29) is 12.5 Å². The molecule has 0 aliphatic rings. The summed E-state index contributed by atoms with van der Waals surface area (Å²) in [6.07, 6.45) is 0.